The van der Waals surface area contributed by atoms with Gasteiger partial charge in [-0.15, -0.1) is 11.6 Å². The minimum Gasteiger partial charge on any atom is -0.497 e. The Morgan fingerprint density at radius 2 is 1.87 bits per heavy atom. The number of methoxy groups -OCH3 is 1. The van der Waals surface area contributed by atoms with Gasteiger partial charge in [0, 0.05) is 12.6 Å². The van der Waals surface area contributed by atoms with Gasteiger partial charge in [0.2, 0.25) is 11.8 Å². The van der Waals surface area contributed by atoms with Gasteiger partial charge < -0.3 is 15.0 Å². The van der Waals surface area contributed by atoms with Gasteiger partial charge >= 0.3 is 0 Å². The number of hydrogen-bond donors (Lipinski definition) is 1. The number of rotatable bonds is 8. The molecular formula is C25H31ClN2O3. The van der Waals surface area contributed by atoms with Gasteiger partial charge in [0.25, 0.3) is 0 Å². The molecule has 0 aliphatic heterocycles. The molecule has 0 radical (unpaired) electrons. The molecule has 1 aliphatic rings. The summed E-state index contributed by atoms with van der Waals surface area (Å²) in [6, 6.07) is 14.6. The van der Waals surface area contributed by atoms with Crippen molar-refractivity contribution in [1.29, 1.82) is 0 Å². The van der Waals surface area contributed by atoms with Crippen LogP contribution in [-0.2, 0) is 16.1 Å². The number of nitrogens with one attached hydrogen (secondary N) is 1. The van der Waals surface area contributed by atoms with Crippen LogP contribution in [0.1, 0.15) is 54.8 Å². The first kappa shape index (κ1) is 23.1. The van der Waals surface area contributed by atoms with E-state index in [1.807, 2.05) is 55.5 Å². The molecule has 5 nitrogen and oxygen atoms in total. The third-order valence-electron chi connectivity index (χ3n) is 5.92. The third kappa shape index (κ3) is 6.01. The summed E-state index contributed by atoms with van der Waals surface area (Å²) < 4.78 is 5.33. The number of halogens is 1. The van der Waals surface area contributed by atoms with Crippen LogP contribution >= 0.6 is 11.6 Å². The van der Waals surface area contributed by atoms with Crippen LogP contribution in [-0.4, -0.2) is 35.7 Å². The molecule has 0 bridgehead atoms. The van der Waals surface area contributed by atoms with Crippen molar-refractivity contribution < 1.29 is 14.3 Å². The van der Waals surface area contributed by atoms with Crippen LogP contribution in [0.3, 0.4) is 0 Å². The van der Waals surface area contributed by atoms with Gasteiger partial charge in [-0.25, -0.2) is 0 Å². The van der Waals surface area contributed by atoms with Crippen molar-refractivity contribution in [2.45, 2.75) is 57.7 Å². The second-order valence-electron chi connectivity index (χ2n) is 8.11. The first-order chi connectivity index (χ1) is 15.0. The second-order valence-corrected chi connectivity index (χ2v) is 8.38. The molecule has 3 rings (SSSR count). The summed E-state index contributed by atoms with van der Waals surface area (Å²) >= 11 is 5.99. The Hall–Kier alpha value is -2.53. The number of hydrogen-bond acceptors (Lipinski definition) is 3. The van der Waals surface area contributed by atoms with Crippen molar-refractivity contribution >= 4 is 23.4 Å². The lowest BCUT2D eigenvalue weighted by atomic mass is 9.94. The highest BCUT2D eigenvalue weighted by Gasteiger charge is 2.33. The van der Waals surface area contributed by atoms with E-state index in [-0.39, 0.29) is 30.3 Å². The predicted molar refractivity (Wildman–Crippen MR) is 123 cm³/mol. The van der Waals surface area contributed by atoms with E-state index in [2.05, 4.69) is 5.32 Å². The Morgan fingerprint density at radius 3 is 2.55 bits per heavy atom. The number of alkyl halides is 1. The molecule has 166 valence electrons. The average Bonchev–Trinajstić information content (AvgIpc) is 2.80. The average molecular weight is 443 g/mol. The zero-order valence-corrected chi connectivity index (χ0v) is 19.0. The zero-order valence-electron chi connectivity index (χ0n) is 18.3. The molecule has 0 saturated heterocycles. The van der Waals surface area contributed by atoms with Crippen LogP contribution in [0.5, 0.6) is 5.75 Å². The lowest BCUT2D eigenvalue weighted by molar-refractivity contribution is -0.140. The molecule has 0 aromatic heterocycles. The second kappa shape index (κ2) is 11.2. The topological polar surface area (TPSA) is 58.6 Å². The van der Waals surface area contributed by atoms with E-state index in [4.69, 9.17) is 16.3 Å². The quantitative estimate of drug-likeness (QED) is 0.599. The van der Waals surface area contributed by atoms with Crippen molar-refractivity contribution in [3.05, 3.63) is 65.2 Å². The third-order valence-corrected chi connectivity index (χ3v) is 6.14. The maximum atomic E-state index is 13.6. The molecule has 1 saturated carbocycles. The summed E-state index contributed by atoms with van der Waals surface area (Å²) in [7, 11) is 1.61. The van der Waals surface area contributed by atoms with Crippen LogP contribution in [0, 0.1) is 6.92 Å². The van der Waals surface area contributed by atoms with Crippen LogP contribution < -0.4 is 10.1 Å². The van der Waals surface area contributed by atoms with Crippen molar-refractivity contribution in [1.82, 2.24) is 10.2 Å². The number of amides is 2. The Balaban J connectivity index is 1.96. The van der Waals surface area contributed by atoms with Gasteiger partial charge in [0.15, 0.2) is 0 Å². The lowest BCUT2D eigenvalue weighted by Gasteiger charge is -2.34. The summed E-state index contributed by atoms with van der Waals surface area (Å²) in [4.78, 5) is 28.1. The molecule has 1 aliphatic carbocycles. The van der Waals surface area contributed by atoms with E-state index in [1.165, 1.54) is 6.42 Å². The number of carbonyl (C=O) groups excluding carboxylic acids is 2. The molecule has 2 aromatic rings. The molecule has 1 atom stereocenters. The van der Waals surface area contributed by atoms with Gasteiger partial charge in [-0.05, 0) is 48.6 Å². The van der Waals surface area contributed by atoms with E-state index in [9.17, 15) is 9.59 Å². The monoisotopic (exact) mass is 442 g/mol. The van der Waals surface area contributed by atoms with Crippen molar-refractivity contribution in [3.63, 3.8) is 0 Å². The zero-order chi connectivity index (χ0) is 22.2. The van der Waals surface area contributed by atoms with E-state index < -0.39 is 6.04 Å². The Labute approximate surface area is 189 Å². The molecule has 6 heteroatoms. The largest absolute Gasteiger partial charge is 0.497 e. The van der Waals surface area contributed by atoms with E-state index in [0.717, 1.165) is 42.4 Å². The first-order valence-electron chi connectivity index (χ1n) is 10.9. The van der Waals surface area contributed by atoms with Crippen molar-refractivity contribution in [3.8, 4) is 5.75 Å². The highest BCUT2D eigenvalue weighted by atomic mass is 35.5. The fourth-order valence-corrected chi connectivity index (χ4v) is 4.39. The van der Waals surface area contributed by atoms with Crippen LogP contribution in [0.15, 0.2) is 48.5 Å². The molecule has 2 amide bonds. The smallest absolute Gasteiger partial charge is 0.247 e. The Kier molecular flexibility index (Phi) is 8.35. The Bertz CT molecular complexity index is 896. The maximum absolute atomic E-state index is 13.6. The number of ether oxygens (including phenoxy) is 1. The predicted octanol–water partition coefficient (Wildman–Crippen LogP) is 4.76. The molecule has 1 N–H and O–H groups in total. The van der Waals surface area contributed by atoms with Crippen LogP contribution in [0.2, 0.25) is 0 Å². The summed E-state index contributed by atoms with van der Waals surface area (Å²) in [6.45, 7) is 2.23. The SMILES string of the molecule is COc1cccc(CN(C(=O)CCl)C(C(=O)NC2CCCCC2)c2ccccc2C)c1. The number of nitrogens with zero attached hydrogens (tertiary/aromatic N) is 1. The number of benzene rings is 2. The van der Waals surface area contributed by atoms with E-state index in [1.54, 1.807) is 12.0 Å². The van der Waals surface area contributed by atoms with Crippen molar-refractivity contribution in [2.75, 3.05) is 13.0 Å². The minimum atomic E-state index is -0.749. The molecule has 1 fully saturated rings. The van der Waals surface area contributed by atoms with E-state index in [0.29, 0.717) is 5.75 Å². The summed E-state index contributed by atoms with van der Waals surface area (Å²) in [6.07, 6.45) is 5.40. The fraction of sp³-hybridized carbons (Fsp3) is 0.440. The highest BCUT2D eigenvalue weighted by Crippen LogP contribution is 2.28. The maximum Gasteiger partial charge on any atom is 0.247 e. The summed E-state index contributed by atoms with van der Waals surface area (Å²) in [5.74, 6) is 0.0808. The van der Waals surface area contributed by atoms with Crippen LogP contribution in [0.4, 0.5) is 0 Å². The minimum absolute atomic E-state index is 0.150. The molecule has 0 spiro atoms. The summed E-state index contributed by atoms with van der Waals surface area (Å²) in [5, 5.41) is 3.21. The summed E-state index contributed by atoms with van der Waals surface area (Å²) in [5.41, 5.74) is 2.66. The first-order valence-corrected chi connectivity index (χ1v) is 11.4. The lowest BCUT2D eigenvalue weighted by Crippen LogP contribution is -2.47. The molecular weight excluding hydrogens is 412 g/mol. The normalized spacial score (nSPS) is 15.2. The van der Waals surface area contributed by atoms with E-state index >= 15 is 0 Å². The van der Waals surface area contributed by atoms with Gasteiger partial charge in [-0.2, -0.15) is 0 Å². The molecule has 0 heterocycles. The van der Waals surface area contributed by atoms with Gasteiger partial charge in [-0.1, -0.05) is 55.7 Å². The number of carbonyl (C=O) groups is 2. The fourth-order valence-electron chi connectivity index (χ4n) is 4.24. The standard InChI is InChI=1S/C25H31ClN2O3/c1-18-9-6-7-14-22(18)24(25(30)27-20-11-4-3-5-12-20)28(23(29)16-26)17-19-10-8-13-21(15-19)31-2/h6-10,13-15,20,24H,3-5,11-12,16-17H2,1-2H3,(H,27,30). The highest BCUT2D eigenvalue weighted by molar-refractivity contribution is 6.27. The number of aryl methyl sites for hydroxylation is 1. The van der Waals surface area contributed by atoms with Gasteiger partial charge in [0.1, 0.15) is 17.7 Å². The van der Waals surface area contributed by atoms with Gasteiger partial charge in [-0.3, -0.25) is 9.59 Å². The molecule has 31 heavy (non-hydrogen) atoms. The molecule has 1 unspecified atom stereocenters. The van der Waals surface area contributed by atoms with Gasteiger partial charge in [0.05, 0.1) is 7.11 Å². The van der Waals surface area contributed by atoms with Crippen LogP contribution in [0.25, 0.3) is 0 Å². The van der Waals surface area contributed by atoms with Crippen molar-refractivity contribution in [2.24, 2.45) is 0 Å². The Morgan fingerprint density at radius 1 is 1.13 bits per heavy atom. The molecule has 2 aromatic carbocycles.